The van der Waals surface area contributed by atoms with E-state index in [9.17, 15) is 4.79 Å². The number of carbonyl (C=O) groups excluding carboxylic acids is 1. The van der Waals surface area contributed by atoms with Crippen LogP contribution in [0, 0.1) is 0 Å². The van der Waals surface area contributed by atoms with Crippen molar-refractivity contribution >= 4 is 11.6 Å². The Kier molecular flexibility index (Phi) is 5.56. The Balaban J connectivity index is 1.49. The second-order valence-electron chi connectivity index (χ2n) is 6.29. The fourth-order valence-corrected chi connectivity index (χ4v) is 3.06. The Morgan fingerprint density at radius 2 is 1.62 bits per heavy atom. The first kappa shape index (κ1) is 16.6. The molecule has 1 aromatic carbocycles. The number of carbonyl (C=O) groups is 1. The number of anilines is 1. The molecule has 0 unspecified atom stereocenters. The summed E-state index contributed by atoms with van der Waals surface area (Å²) < 4.78 is 0. The first-order valence-corrected chi connectivity index (χ1v) is 8.39. The predicted molar refractivity (Wildman–Crippen MR) is 95.5 cm³/mol. The molecule has 3 rings (SSSR count). The number of hydrogen-bond acceptors (Lipinski definition) is 4. The van der Waals surface area contributed by atoms with Gasteiger partial charge in [-0.25, -0.2) is 0 Å². The Labute approximate surface area is 143 Å². The van der Waals surface area contributed by atoms with Crippen LogP contribution >= 0.6 is 0 Å². The quantitative estimate of drug-likeness (QED) is 0.917. The number of pyridine rings is 1. The number of benzene rings is 1. The Bertz CT molecular complexity index is 666. The molecule has 1 aliphatic rings. The predicted octanol–water partition coefficient (Wildman–Crippen LogP) is 2.36. The molecule has 5 nitrogen and oxygen atoms in total. The average Bonchev–Trinajstić information content (AvgIpc) is 2.57. The molecule has 0 spiro atoms. The minimum Gasteiger partial charge on any atom is -0.326 e. The second kappa shape index (κ2) is 8.04. The molecule has 24 heavy (non-hydrogen) atoms. The molecular weight excluding hydrogens is 300 g/mol. The maximum Gasteiger partial charge on any atom is 0.221 e. The zero-order chi connectivity index (χ0) is 16.8. The van der Waals surface area contributed by atoms with Crippen LogP contribution in [-0.4, -0.2) is 46.9 Å². The molecule has 1 fully saturated rings. The van der Waals surface area contributed by atoms with E-state index in [2.05, 4.69) is 44.4 Å². The van der Waals surface area contributed by atoms with Crippen LogP contribution < -0.4 is 5.32 Å². The molecule has 0 bridgehead atoms. The van der Waals surface area contributed by atoms with Crippen molar-refractivity contribution in [2.45, 2.75) is 20.0 Å². The van der Waals surface area contributed by atoms with Gasteiger partial charge in [0, 0.05) is 64.3 Å². The largest absolute Gasteiger partial charge is 0.326 e. The van der Waals surface area contributed by atoms with Crippen LogP contribution in [0.1, 0.15) is 18.1 Å². The molecule has 2 heterocycles. The van der Waals surface area contributed by atoms with Gasteiger partial charge < -0.3 is 5.32 Å². The van der Waals surface area contributed by atoms with Crippen molar-refractivity contribution in [1.82, 2.24) is 14.8 Å². The number of piperazine rings is 1. The molecule has 0 atom stereocenters. The zero-order valence-electron chi connectivity index (χ0n) is 14.1. The molecule has 0 saturated carbocycles. The summed E-state index contributed by atoms with van der Waals surface area (Å²) in [5.74, 6) is -0.0307. The van der Waals surface area contributed by atoms with Gasteiger partial charge >= 0.3 is 0 Å². The Morgan fingerprint density at radius 3 is 2.25 bits per heavy atom. The van der Waals surface area contributed by atoms with Gasteiger partial charge in [-0.2, -0.15) is 0 Å². The molecule has 0 radical (unpaired) electrons. The van der Waals surface area contributed by atoms with Crippen molar-refractivity contribution < 1.29 is 4.79 Å². The van der Waals surface area contributed by atoms with E-state index in [0.29, 0.717) is 0 Å². The molecule has 1 saturated heterocycles. The topological polar surface area (TPSA) is 48.5 Å². The smallest absolute Gasteiger partial charge is 0.221 e. The zero-order valence-corrected chi connectivity index (χ0v) is 14.1. The van der Waals surface area contributed by atoms with E-state index in [-0.39, 0.29) is 5.91 Å². The number of aromatic nitrogens is 1. The SMILES string of the molecule is CC(=O)Nc1cccc(CN2CCN(Cc3ccncc3)CC2)c1. The van der Waals surface area contributed by atoms with Crippen molar-refractivity contribution in [3.8, 4) is 0 Å². The van der Waals surface area contributed by atoms with Crippen LogP contribution in [-0.2, 0) is 17.9 Å². The standard InChI is InChI=1S/C19H24N4O/c1-16(24)21-19-4-2-3-18(13-19)15-23-11-9-22(10-12-23)14-17-5-7-20-8-6-17/h2-8,13H,9-12,14-15H2,1H3,(H,21,24). The lowest BCUT2D eigenvalue weighted by Crippen LogP contribution is -2.45. The molecule has 1 aliphatic heterocycles. The molecular formula is C19H24N4O. The maximum absolute atomic E-state index is 11.2. The minimum atomic E-state index is -0.0307. The van der Waals surface area contributed by atoms with Gasteiger partial charge in [0.2, 0.25) is 5.91 Å². The summed E-state index contributed by atoms with van der Waals surface area (Å²) in [5, 5.41) is 2.85. The third-order valence-corrected chi connectivity index (χ3v) is 4.27. The lowest BCUT2D eigenvalue weighted by molar-refractivity contribution is -0.114. The first-order valence-electron chi connectivity index (χ1n) is 8.39. The summed E-state index contributed by atoms with van der Waals surface area (Å²) in [6, 6.07) is 12.3. The summed E-state index contributed by atoms with van der Waals surface area (Å²) in [4.78, 5) is 20.2. The monoisotopic (exact) mass is 324 g/mol. The second-order valence-corrected chi connectivity index (χ2v) is 6.29. The van der Waals surface area contributed by atoms with E-state index in [1.165, 1.54) is 18.1 Å². The van der Waals surface area contributed by atoms with E-state index in [4.69, 9.17) is 0 Å². The van der Waals surface area contributed by atoms with Gasteiger partial charge in [-0.05, 0) is 35.4 Å². The number of nitrogens with one attached hydrogen (secondary N) is 1. The molecule has 1 N–H and O–H groups in total. The summed E-state index contributed by atoms with van der Waals surface area (Å²) in [6.45, 7) is 7.74. The van der Waals surface area contributed by atoms with Crippen LogP contribution in [0.4, 0.5) is 5.69 Å². The number of amides is 1. The highest BCUT2D eigenvalue weighted by Crippen LogP contribution is 2.15. The van der Waals surface area contributed by atoms with Gasteiger partial charge in [0.05, 0.1) is 0 Å². The molecule has 1 amide bonds. The summed E-state index contributed by atoms with van der Waals surface area (Å²) in [7, 11) is 0. The third kappa shape index (κ3) is 4.88. The fourth-order valence-electron chi connectivity index (χ4n) is 3.06. The fraction of sp³-hybridized carbons (Fsp3) is 0.368. The number of hydrogen-bond donors (Lipinski definition) is 1. The van der Waals surface area contributed by atoms with E-state index in [0.717, 1.165) is 45.0 Å². The highest BCUT2D eigenvalue weighted by Gasteiger charge is 2.17. The molecule has 5 heteroatoms. The van der Waals surface area contributed by atoms with Crippen LogP contribution in [0.15, 0.2) is 48.8 Å². The molecule has 0 aliphatic carbocycles. The normalized spacial score (nSPS) is 16.0. The minimum absolute atomic E-state index is 0.0307. The van der Waals surface area contributed by atoms with Gasteiger partial charge in [0.25, 0.3) is 0 Å². The molecule has 1 aromatic heterocycles. The summed E-state index contributed by atoms with van der Waals surface area (Å²) in [5.41, 5.74) is 3.43. The van der Waals surface area contributed by atoms with Crippen LogP contribution in [0.2, 0.25) is 0 Å². The maximum atomic E-state index is 11.2. The van der Waals surface area contributed by atoms with Crippen molar-refractivity contribution in [1.29, 1.82) is 0 Å². The van der Waals surface area contributed by atoms with Crippen LogP contribution in [0.3, 0.4) is 0 Å². The number of nitrogens with zero attached hydrogens (tertiary/aromatic N) is 3. The van der Waals surface area contributed by atoms with Crippen molar-refractivity contribution in [2.24, 2.45) is 0 Å². The Morgan fingerprint density at radius 1 is 1.00 bits per heavy atom. The van der Waals surface area contributed by atoms with Gasteiger partial charge in [-0.3, -0.25) is 19.6 Å². The average molecular weight is 324 g/mol. The van der Waals surface area contributed by atoms with E-state index < -0.39 is 0 Å². The summed E-state index contributed by atoms with van der Waals surface area (Å²) >= 11 is 0. The van der Waals surface area contributed by atoms with E-state index in [1.807, 2.05) is 24.5 Å². The molecule has 2 aromatic rings. The van der Waals surface area contributed by atoms with Gasteiger partial charge in [-0.1, -0.05) is 12.1 Å². The highest BCUT2D eigenvalue weighted by atomic mass is 16.1. The van der Waals surface area contributed by atoms with Crippen molar-refractivity contribution in [3.63, 3.8) is 0 Å². The van der Waals surface area contributed by atoms with Crippen LogP contribution in [0.5, 0.6) is 0 Å². The third-order valence-electron chi connectivity index (χ3n) is 4.27. The number of rotatable bonds is 5. The van der Waals surface area contributed by atoms with Crippen molar-refractivity contribution in [2.75, 3.05) is 31.5 Å². The van der Waals surface area contributed by atoms with Gasteiger partial charge in [0.15, 0.2) is 0 Å². The lowest BCUT2D eigenvalue weighted by Gasteiger charge is -2.34. The molecule has 126 valence electrons. The highest BCUT2D eigenvalue weighted by molar-refractivity contribution is 5.88. The van der Waals surface area contributed by atoms with E-state index in [1.54, 1.807) is 0 Å². The Hall–Kier alpha value is -2.24. The van der Waals surface area contributed by atoms with Crippen LogP contribution in [0.25, 0.3) is 0 Å². The summed E-state index contributed by atoms with van der Waals surface area (Å²) in [6.07, 6.45) is 3.71. The van der Waals surface area contributed by atoms with Gasteiger partial charge in [0.1, 0.15) is 0 Å². The van der Waals surface area contributed by atoms with Crippen molar-refractivity contribution in [3.05, 3.63) is 59.9 Å². The first-order chi connectivity index (χ1) is 11.7. The van der Waals surface area contributed by atoms with Gasteiger partial charge in [-0.15, -0.1) is 0 Å². The lowest BCUT2D eigenvalue weighted by atomic mass is 10.1. The van der Waals surface area contributed by atoms with E-state index >= 15 is 0 Å².